The number of ether oxygens (including phenoxy) is 4. The van der Waals surface area contributed by atoms with E-state index in [1.165, 1.54) is 0 Å². The van der Waals surface area contributed by atoms with Gasteiger partial charge in [0.25, 0.3) is 0 Å². The summed E-state index contributed by atoms with van der Waals surface area (Å²) in [5.74, 6) is 0.689. The number of rotatable bonds is 11. The summed E-state index contributed by atoms with van der Waals surface area (Å²) >= 11 is 0. The summed E-state index contributed by atoms with van der Waals surface area (Å²) < 4.78 is 21.0. The minimum atomic E-state index is 0.276. The van der Waals surface area contributed by atoms with Crippen LogP contribution in [0.5, 0.6) is 5.75 Å². The summed E-state index contributed by atoms with van der Waals surface area (Å²) in [4.78, 5) is 0. The van der Waals surface area contributed by atoms with Crippen molar-refractivity contribution >= 4 is 5.69 Å². The zero-order chi connectivity index (χ0) is 15.3. The normalized spacial score (nSPS) is 10.3. The standard InChI is InChI=1S/C15H22N2O4/c1-18-6-7-19-8-9-20-10-11-21-14-2-3-15(17)13(12-14)4-5-16/h2-3,12H,4,6-11,17H2,1H3. The number of hydrogen-bond acceptors (Lipinski definition) is 6. The Hall–Kier alpha value is -1.81. The maximum atomic E-state index is 8.70. The molecule has 116 valence electrons. The Bertz CT molecular complexity index is 446. The molecule has 0 unspecified atom stereocenters. The van der Waals surface area contributed by atoms with Crippen LogP contribution in [0.1, 0.15) is 5.56 Å². The molecule has 0 aromatic heterocycles. The molecule has 0 fully saturated rings. The highest BCUT2D eigenvalue weighted by Crippen LogP contribution is 2.19. The first-order valence-corrected chi connectivity index (χ1v) is 6.80. The highest BCUT2D eigenvalue weighted by molar-refractivity contribution is 5.51. The van der Waals surface area contributed by atoms with E-state index in [0.717, 1.165) is 5.56 Å². The van der Waals surface area contributed by atoms with Crippen LogP contribution in [0.4, 0.5) is 5.69 Å². The molecular formula is C15H22N2O4. The lowest BCUT2D eigenvalue weighted by atomic mass is 10.1. The average molecular weight is 294 g/mol. The lowest BCUT2D eigenvalue weighted by molar-refractivity contribution is 0.0179. The van der Waals surface area contributed by atoms with Gasteiger partial charge in [-0.2, -0.15) is 5.26 Å². The van der Waals surface area contributed by atoms with Crippen LogP contribution in [-0.2, 0) is 20.6 Å². The van der Waals surface area contributed by atoms with Crippen LogP contribution >= 0.6 is 0 Å². The fraction of sp³-hybridized carbons (Fsp3) is 0.533. The van der Waals surface area contributed by atoms with Crippen LogP contribution < -0.4 is 10.5 Å². The molecule has 6 heteroatoms. The largest absolute Gasteiger partial charge is 0.491 e. The van der Waals surface area contributed by atoms with Crippen molar-refractivity contribution in [1.29, 1.82) is 5.26 Å². The molecule has 1 aromatic rings. The van der Waals surface area contributed by atoms with Crippen LogP contribution in [-0.4, -0.2) is 46.8 Å². The van der Waals surface area contributed by atoms with Gasteiger partial charge in [0.15, 0.2) is 0 Å². The van der Waals surface area contributed by atoms with E-state index in [9.17, 15) is 0 Å². The lowest BCUT2D eigenvalue weighted by Crippen LogP contribution is -2.12. The molecule has 0 saturated carbocycles. The van der Waals surface area contributed by atoms with Crippen LogP contribution in [0.3, 0.4) is 0 Å². The maximum Gasteiger partial charge on any atom is 0.119 e. The van der Waals surface area contributed by atoms with Gasteiger partial charge in [-0.1, -0.05) is 0 Å². The van der Waals surface area contributed by atoms with Gasteiger partial charge < -0.3 is 24.7 Å². The third kappa shape index (κ3) is 7.51. The Kier molecular flexibility index (Phi) is 8.96. The first-order valence-electron chi connectivity index (χ1n) is 6.80. The summed E-state index contributed by atoms with van der Waals surface area (Å²) in [6, 6.07) is 7.38. The van der Waals surface area contributed by atoms with E-state index < -0.39 is 0 Å². The second kappa shape index (κ2) is 10.9. The molecule has 0 bridgehead atoms. The molecule has 0 spiro atoms. The number of nitrogen functional groups attached to an aromatic ring is 1. The highest BCUT2D eigenvalue weighted by atomic mass is 16.6. The average Bonchev–Trinajstić information content (AvgIpc) is 2.49. The molecule has 0 aliphatic heterocycles. The van der Waals surface area contributed by atoms with Gasteiger partial charge in [0.05, 0.1) is 45.5 Å². The molecule has 0 atom stereocenters. The number of nitriles is 1. The molecule has 0 amide bonds. The molecule has 21 heavy (non-hydrogen) atoms. The van der Waals surface area contributed by atoms with Crippen molar-refractivity contribution in [2.45, 2.75) is 6.42 Å². The smallest absolute Gasteiger partial charge is 0.119 e. The van der Waals surface area contributed by atoms with E-state index in [1.807, 2.05) is 0 Å². The van der Waals surface area contributed by atoms with Crippen molar-refractivity contribution in [1.82, 2.24) is 0 Å². The second-order valence-electron chi connectivity index (χ2n) is 4.26. The van der Waals surface area contributed by atoms with Crippen molar-refractivity contribution in [2.75, 3.05) is 52.5 Å². The number of nitrogens with zero attached hydrogens (tertiary/aromatic N) is 1. The van der Waals surface area contributed by atoms with E-state index in [2.05, 4.69) is 6.07 Å². The molecule has 2 N–H and O–H groups in total. The van der Waals surface area contributed by atoms with E-state index in [-0.39, 0.29) is 6.42 Å². The predicted molar refractivity (Wildman–Crippen MR) is 79.2 cm³/mol. The predicted octanol–water partition coefficient (Wildman–Crippen LogP) is 1.39. The molecule has 1 aromatic carbocycles. The van der Waals surface area contributed by atoms with Crippen molar-refractivity contribution < 1.29 is 18.9 Å². The highest BCUT2D eigenvalue weighted by Gasteiger charge is 2.01. The Balaban J connectivity index is 2.13. The zero-order valence-electron chi connectivity index (χ0n) is 12.3. The van der Waals surface area contributed by atoms with Crippen molar-refractivity contribution in [3.8, 4) is 11.8 Å². The topological polar surface area (TPSA) is 86.7 Å². The van der Waals surface area contributed by atoms with Crippen molar-refractivity contribution in [2.24, 2.45) is 0 Å². The maximum absolute atomic E-state index is 8.70. The summed E-state index contributed by atoms with van der Waals surface area (Å²) in [6.07, 6.45) is 0.276. The third-order valence-corrected chi connectivity index (χ3v) is 2.68. The molecule has 1 rings (SSSR count). The first kappa shape index (κ1) is 17.2. The Labute approximate surface area is 125 Å². The number of anilines is 1. The monoisotopic (exact) mass is 294 g/mol. The van der Waals surface area contributed by atoms with Crippen LogP contribution in [0, 0.1) is 11.3 Å². The summed E-state index contributed by atoms with van der Waals surface area (Å²) in [5.41, 5.74) is 7.15. The number of nitrogens with two attached hydrogens (primary N) is 1. The molecule has 6 nitrogen and oxygen atoms in total. The van der Waals surface area contributed by atoms with Crippen molar-refractivity contribution in [3.05, 3.63) is 23.8 Å². The van der Waals surface area contributed by atoms with Gasteiger partial charge in [-0.3, -0.25) is 0 Å². The van der Waals surface area contributed by atoms with Gasteiger partial charge in [-0.05, 0) is 23.8 Å². The van der Waals surface area contributed by atoms with Gasteiger partial charge in [-0.25, -0.2) is 0 Å². The summed E-state index contributed by atoms with van der Waals surface area (Å²) in [6.45, 7) is 3.14. The Morgan fingerprint density at radius 3 is 2.38 bits per heavy atom. The van der Waals surface area contributed by atoms with E-state index in [0.29, 0.717) is 51.1 Å². The fourth-order valence-corrected chi connectivity index (χ4v) is 1.59. The quantitative estimate of drug-likeness (QED) is 0.490. The van der Waals surface area contributed by atoms with Gasteiger partial charge in [0.2, 0.25) is 0 Å². The van der Waals surface area contributed by atoms with Gasteiger partial charge in [-0.15, -0.1) is 0 Å². The van der Waals surface area contributed by atoms with Gasteiger partial charge in [0, 0.05) is 12.8 Å². The molecule has 0 heterocycles. The minimum absolute atomic E-state index is 0.276. The van der Waals surface area contributed by atoms with Crippen LogP contribution in [0.2, 0.25) is 0 Å². The molecular weight excluding hydrogens is 272 g/mol. The van der Waals surface area contributed by atoms with E-state index in [4.69, 9.17) is 29.9 Å². The SMILES string of the molecule is COCCOCCOCCOc1ccc(N)c(CC#N)c1. The second-order valence-corrected chi connectivity index (χ2v) is 4.26. The van der Waals surface area contributed by atoms with E-state index >= 15 is 0 Å². The number of hydrogen-bond donors (Lipinski definition) is 1. The Morgan fingerprint density at radius 2 is 1.71 bits per heavy atom. The van der Waals surface area contributed by atoms with Crippen LogP contribution in [0.15, 0.2) is 18.2 Å². The first-order chi connectivity index (χ1) is 10.3. The van der Waals surface area contributed by atoms with E-state index in [1.54, 1.807) is 25.3 Å². The molecule has 0 aliphatic rings. The summed E-state index contributed by atoms with van der Waals surface area (Å²) in [5, 5.41) is 8.70. The van der Waals surface area contributed by atoms with Crippen molar-refractivity contribution in [3.63, 3.8) is 0 Å². The Morgan fingerprint density at radius 1 is 1.05 bits per heavy atom. The minimum Gasteiger partial charge on any atom is -0.491 e. The lowest BCUT2D eigenvalue weighted by Gasteiger charge is -2.09. The number of methoxy groups -OCH3 is 1. The molecule has 0 aliphatic carbocycles. The van der Waals surface area contributed by atoms with Gasteiger partial charge >= 0.3 is 0 Å². The van der Waals surface area contributed by atoms with Crippen LogP contribution in [0.25, 0.3) is 0 Å². The zero-order valence-corrected chi connectivity index (χ0v) is 12.3. The fourth-order valence-electron chi connectivity index (χ4n) is 1.59. The molecule has 0 saturated heterocycles. The number of benzene rings is 1. The third-order valence-electron chi connectivity index (χ3n) is 2.68. The molecule has 0 radical (unpaired) electrons. The van der Waals surface area contributed by atoms with Gasteiger partial charge in [0.1, 0.15) is 12.4 Å². The summed E-state index contributed by atoms with van der Waals surface area (Å²) in [7, 11) is 1.64.